The van der Waals surface area contributed by atoms with E-state index in [1.807, 2.05) is 0 Å². The van der Waals surface area contributed by atoms with Crippen LogP contribution in [-0.4, -0.2) is 31.2 Å². The molecule has 1 saturated carbocycles. The first-order valence-corrected chi connectivity index (χ1v) is 8.04. The molecule has 1 aliphatic carbocycles. The minimum absolute atomic E-state index is 0.137. The van der Waals surface area contributed by atoms with E-state index in [4.69, 9.17) is 0 Å². The predicted octanol–water partition coefficient (Wildman–Crippen LogP) is 2.70. The normalized spacial score (nSPS) is 23.8. The zero-order valence-corrected chi connectivity index (χ0v) is 11.9. The number of aliphatic hydroxyl groups is 1. The van der Waals surface area contributed by atoms with Gasteiger partial charge in [0.05, 0.1) is 11.0 Å². The first kappa shape index (κ1) is 16.1. The predicted molar refractivity (Wildman–Crippen MR) is 71.6 cm³/mol. The Kier molecular flexibility index (Phi) is 4.48. The highest BCUT2D eigenvalue weighted by Gasteiger charge is 2.46. The molecule has 2 N–H and O–H groups in total. The number of rotatable bonds is 3. The Bertz CT molecular complexity index is 576. The molecule has 0 spiro atoms. The summed E-state index contributed by atoms with van der Waals surface area (Å²) in [6, 6.07) is 4.68. The molecule has 1 fully saturated rings. The van der Waals surface area contributed by atoms with Crippen molar-refractivity contribution in [3.63, 3.8) is 0 Å². The highest BCUT2D eigenvalue weighted by Crippen LogP contribution is 2.31. The fourth-order valence-electron chi connectivity index (χ4n) is 2.32. The second-order valence-corrected chi connectivity index (χ2v) is 7.06. The number of benzene rings is 1. The highest BCUT2D eigenvalue weighted by atomic mass is 32.2. The number of alkyl halides is 3. The van der Waals surface area contributed by atoms with Gasteiger partial charge in [-0.2, -0.15) is 13.2 Å². The molecule has 0 unspecified atom stereocenters. The maximum atomic E-state index is 12.4. The lowest BCUT2D eigenvalue weighted by Crippen LogP contribution is -2.28. The Balaban J connectivity index is 2.06. The third-order valence-electron chi connectivity index (χ3n) is 3.54. The van der Waals surface area contributed by atoms with E-state index in [-0.39, 0.29) is 12.1 Å². The summed E-state index contributed by atoms with van der Waals surface area (Å²) in [7, 11) is -5.29. The van der Waals surface area contributed by atoms with Crippen LogP contribution in [-0.2, 0) is 9.84 Å². The maximum absolute atomic E-state index is 12.4. The van der Waals surface area contributed by atoms with Crippen LogP contribution in [0.2, 0.25) is 0 Å². The molecule has 0 bridgehead atoms. The molecule has 0 atom stereocenters. The summed E-state index contributed by atoms with van der Waals surface area (Å²) < 4.78 is 59.6. The maximum Gasteiger partial charge on any atom is 0.501 e. The van der Waals surface area contributed by atoms with Gasteiger partial charge in [-0.25, -0.2) is 8.42 Å². The lowest BCUT2D eigenvalue weighted by molar-refractivity contribution is -0.0436. The molecular weight excluding hydrogens is 307 g/mol. The first-order chi connectivity index (χ1) is 9.70. The van der Waals surface area contributed by atoms with Crippen molar-refractivity contribution >= 4 is 15.5 Å². The van der Waals surface area contributed by atoms with Crippen LogP contribution in [0.25, 0.3) is 0 Å². The Labute approximate surface area is 120 Å². The molecule has 0 saturated heterocycles. The van der Waals surface area contributed by atoms with E-state index in [0.29, 0.717) is 18.5 Å². The quantitative estimate of drug-likeness (QED) is 0.897. The van der Waals surface area contributed by atoms with Crippen molar-refractivity contribution in [2.45, 2.75) is 48.2 Å². The summed E-state index contributed by atoms with van der Waals surface area (Å²) in [5.41, 5.74) is -4.72. The standard InChI is InChI=1S/C13H16F3NO3S/c14-13(15,16)21(19,20)12-7-3-10(4-8-12)17-9-1-5-11(18)6-2-9/h3-4,7-9,11,17-18H,1-2,5-6H2. The van der Waals surface area contributed by atoms with Crippen molar-refractivity contribution in [2.24, 2.45) is 0 Å². The minimum atomic E-state index is -5.29. The second kappa shape index (κ2) is 5.84. The van der Waals surface area contributed by atoms with Gasteiger partial charge in [0.25, 0.3) is 9.84 Å². The second-order valence-electron chi connectivity index (χ2n) is 5.12. The summed E-state index contributed by atoms with van der Waals surface area (Å²) in [4.78, 5) is -0.764. The van der Waals surface area contributed by atoms with Crippen molar-refractivity contribution < 1.29 is 26.7 Å². The van der Waals surface area contributed by atoms with Gasteiger partial charge in [-0.15, -0.1) is 0 Å². The molecule has 1 aliphatic rings. The van der Waals surface area contributed by atoms with Crippen LogP contribution in [0.4, 0.5) is 18.9 Å². The zero-order chi connectivity index (χ0) is 15.7. The molecule has 0 radical (unpaired) electrons. The number of nitrogens with one attached hydrogen (secondary N) is 1. The Morgan fingerprint density at radius 2 is 1.57 bits per heavy atom. The van der Waals surface area contributed by atoms with E-state index in [1.54, 1.807) is 0 Å². The van der Waals surface area contributed by atoms with Gasteiger partial charge >= 0.3 is 5.51 Å². The Hall–Kier alpha value is -1.28. The Morgan fingerprint density at radius 1 is 1.05 bits per heavy atom. The SMILES string of the molecule is O=S(=O)(c1ccc(NC2CCC(O)CC2)cc1)C(F)(F)F. The third kappa shape index (κ3) is 3.68. The summed E-state index contributed by atoms with van der Waals surface area (Å²) in [6.07, 6.45) is 2.60. The van der Waals surface area contributed by atoms with Gasteiger partial charge in [0.1, 0.15) is 0 Å². The van der Waals surface area contributed by atoms with Gasteiger partial charge in [0.2, 0.25) is 0 Å². The highest BCUT2D eigenvalue weighted by molar-refractivity contribution is 7.92. The minimum Gasteiger partial charge on any atom is -0.393 e. The van der Waals surface area contributed by atoms with E-state index in [0.717, 1.165) is 25.0 Å². The van der Waals surface area contributed by atoms with E-state index in [9.17, 15) is 26.7 Å². The molecule has 0 heterocycles. The number of anilines is 1. The van der Waals surface area contributed by atoms with Gasteiger partial charge in [-0.3, -0.25) is 0 Å². The van der Waals surface area contributed by atoms with Gasteiger partial charge in [0.15, 0.2) is 0 Å². The molecule has 1 aromatic rings. The molecule has 0 aromatic heterocycles. The summed E-state index contributed by atoms with van der Waals surface area (Å²) in [5, 5.41) is 12.5. The summed E-state index contributed by atoms with van der Waals surface area (Å²) >= 11 is 0. The fourth-order valence-corrected chi connectivity index (χ4v) is 3.08. The van der Waals surface area contributed by atoms with E-state index < -0.39 is 20.2 Å². The van der Waals surface area contributed by atoms with Crippen LogP contribution < -0.4 is 5.32 Å². The summed E-state index contributed by atoms with van der Waals surface area (Å²) in [5.74, 6) is 0. The average molecular weight is 323 g/mol. The zero-order valence-electron chi connectivity index (χ0n) is 11.1. The van der Waals surface area contributed by atoms with E-state index in [2.05, 4.69) is 5.32 Å². The largest absolute Gasteiger partial charge is 0.501 e. The molecule has 118 valence electrons. The first-order valence-electron chi connectivity index (χ1n) is 6.56. The molecule has 8 heteroatoms. The lowest BCUT2D eigenvalue weighted by atomic mass is 9.93. The molecule has 4 nitrogen and oxygen atoms in total. The molecule has 2 rings (SSSR count). The molecule has 0 aliphatic heterocycles. The molecule has 0 amide bonds. The topological polar surface area (TPSA) is 66.4 Å². The molecular formula is C13H16F3NO3S. The van der Waals surface area contributed by atoms with Crippen molar-refractivity contribution in [3.05, 3.63) is 24.3 Å². The molecule has 1 aromatic carbocycles. The molecule has 21 heavy (non-hydrogen) atoms. The Morgan fingerprint density at radius 3 is 2.05 bits per heavy atom. The monoisotopic (exact) mass is 323 g/mol. The van der Waals surface area contributed by atoms with Gasteiger partial charge in [-0.05, 0) is 49.9 Å². The number of aliphatic hydroxyl groups excluding tert-OH is 1. The average Bonchev–Trinajstić information content (AvgIpc) is 2.41. The van der Waals surface area contributed by atoms with Crippen LogP contribution in [0.1, 0.15) is 25.7 Å². The van der Waals surface area contributed by atoms with Gasteiger partial charge < -0.3 is 10.4 Å². The summed E-state index contributed by atoms with van der Waals surface area (Å²) in [6.45, 7) is 0. The van der Waals surface area contributed by atoms with Crippen LogP contribution in [0.15, 0.2) is 29.2 Å². The lowest BCUT2D eigenvalue weighted by Gasteiger charge is -2.27. The number of hydrogen-bond acceptors (Lipinski definition) is 4. The fraction of sp³-hybridized carbons (Fsp3) is 0.538. The van der Waals surface area contributed by atoms with Crippen LogP contribution in [0, 0.1) is 0 Å². The van der Waals surface area contributed by atoms with Gasteiger partial charge in [-0.1, -0.05) is 0 Å². The third-order valence-corrected chi connectivity index (χ3v) is 5.04. The smallest absolute Gasteiger partial charge is 0.393 e. The number of hydrogen-bond donors (Lipinski definition) is 2. The van der Waals surface area contributed by atoms with Crippen molar-refractivity contribution in [3.8, 4) is 0 Å². The van der Waals surface area contributed by atoms with E-state index >= 15 is 0 Å². The van der Waals surface area contributed by atoms with Crippen LogP contribution >= 0.6 is 0 Å². The van der Waals surface area contributed by atoms with Gasteiger partial charge in [0, 0.05) is 11.7 Å². The number of sulfone groups is 1. The van der Waals surface area contributed by atoms with Crippen molar-refractivity contribution in [1.29, 1.82) is 0 Å². The van der Waals surface area contributed by atoms with Crippen LogP contribution in [0.5, 0.6) is 0 Å². The van der Waals surface area contributed by atoms with Crippen LogP contribution in [0.3, 0.4) is 0 Å². The van der Waals surface area contributed by atoms with E-state index in [1.165, 1.54) is 12.1 Å². The van der Waals surface area contributed by atoms with Crippen molar-refractivity contribution in [1.82, 2.24) is 0 Å². The number of halogens is 3. The van der Waals surface area contributed by atoms with Crippen molar-refractivity contribution in [2.75, 3.05) is 5.32 Å².